The number of hydrogen-bond donors (Lipinski definition) is 1. The number of aromatic amines is 1. The molecule has 2 heterocycles. The summed E-state index contributed by atoms with van der Waals surface area (Å²) in [7, 11) is 0. The van der Waals surface area contributed by atoms with E-state index in [0.717, 1.165) is 5.01 Å². The standard InChI is InChI=1S/C9H5N3OS/c10-5-6-1-2-7(12-8(6)13)9-11-3-4-14-9/h1-4H,(H,12,13). The highest BCUT2D eigenvalue weighted by molar-refractivity contribution is 7.13. The van der Waals surface area contributed by atoms with Crippen LogP contribution in [0.4, 0.5) is 0 Å². The van der Waals surface area contributed by atoms with Gasteiger partial charge in [-0.3, -0.25) is 4.79 Å². The van der Waals surface area contributed by atoms with Crippen molar-refractivity contribution in [3.63, 3.8) is 0 Å². The second-order valence-corrected chi connectivity index (χ2v) is 3.46. The second-order valence-electron chi connectivity index (χ2n) is 2.56. The topological polar surface area (TPSA) is 69.5 Å². The van der Waals surface area contributed by atoms with E-state index in [1.807, 2.05) is 5.38 Å². The molecule has 0 fully saturated rings. The lowest BCUT2D eigenvalue weighted by Gasteiger charge is -1.95. The fraction of sp³-hybridized carbons (Fsp3) is 0. The normalized spacial score (nSPS) is 9.64. The van der Waals surface area contributed by atoms with Crippen molar-refractivity contribution >= 4 is 11.3 Å². The molecule has 2 aromatic rings. The van der Waals surface area contributed by atoms with Crippen molar-refractivity contribution in [2.75, 3.05) is 0 Å². The molecule has 0 aliphatic carbocycles. The minimum atomic E-state index is -0.375. The van der Waals surface area contributed by atoms with Crippen LogP contribution in [0, 0.1) is 11.3 Å². The summed E-state index contributed by atoms with van der Waals surface area (Å²) in [6, 6.07) is 4.98. The Morgan fingerprint density at radius 2 is 2.36 bits per heavy atom. The molecule has 0 saturated heterocycles. The molecular weight excluding hydrogens is 198 g/mol. The van der Waals surface area contributed by atoms with Crippen LogP contribution < -0.4 is 5.56 Å². The molecule has 0 atom stereocenters. The van der Waals surface area contributed by atoms with E-state index < -0.39 is 0 Å². The van der Waals surface area contributed by atoms with Crippen molar-refractivity contribution in [1.29, 1.82) is 5.26 Å². The van der Waals surface area contributed by atoms with Crippen LogP contribution in [-0.2, 0) is 0 Å². The quantitative estimate of drug-likeness (QED) is 0.761. The maximum Gasteiger partial charge on any atom is 0.266 e. The first-order valence-electron chi connectivity index (χ1n) is 3.84. The van der Waals surface area contributed by atoms with Gasteiger partial charge in [0.2, 0.25) is 0 Å². The van der Waals surface area contributed by atoms with Crippen molar-refractivity contribution in [3.8, 4) is 16.8 Å². The van der Waals surface area contributed by atoms with E-state index in [4.69, 9.17) is 5.26 Å². The van der Waals surface area contributed by atoms with Gasteiger partial charge in [-0.15, -0.1) is 11.3 Å². The smallest absolute Gasteiger partial charge is 0.266 e. The molecule has 0 spiro atoms. The summed E-state index contributed by atoms with van der Waals surface area (Å²) >= 11 is 1.43. The molecule has 0 radical (unpaired) electrons. The van der Waals surface area contributed by atoms with Crippen molar-refractivity contribution in [2.45, 2.75) is 0 Å². The Balaban J connectivity index is 2.55. The minimum Gasteiger partial charge on any atom is -0.319 e. The molecule has 0 saturated carbocycles. The summed E-state index contributed by atoms with van der Waals surface area (Å²) in [5.41, 5.74) is 0.384. The van der Waals surface area contributed by atoms with Gasteiger partial charge < -0.3 is 4.98 Å². The molecule has 4 nitrogen and oxygen atoms in total. The first-order valence-corrected chi connectivity index (χ1v) is 4.72. The van der Waals surface area contributed by atoms with Gasteiger partial charge in [0.15, 0.2) is 0 Å². The number of H-pyrrole nitrogens is 1. The zero-order valence-electron chi connectivity index (χ0n) is 7.02. The highest BCUT2D eigenvalue weighted by atomic mass is 32.1. The van der Waals surface area contributed by atoms with Crippen LogP contribution in [0.25, 0.3) is 10.7 Å². The lowest BCUT2D eigenvalue weighted by molar-refractivity contribution is 1.20. The zero-order chi connectivity index (χ0) is 9.97. The Kier molecular flexibility index (Phi) is 2.13. The predicted octanol–water partition coefficient (Wildman–Crippen LogP) is 1.37. The number of hydrogen-bond acceptors (Lipinski definition) is 4. The summed E-state index contributed by atoms with van der Waals surface area (Å²) in [4.78, 5) is 17.9. The average molecular weight is 203 g/mol. The van der Waals surface area contributed by atoms with Crippen LogP contribution in [0.5, 0.6) is 0 Å². The van der Waals surface area contributed by atoms with Gasteiger partial charge in [0.1, 0.15) is 16.6 Å². The average Bonchev–Trinajstić information content (AvgIpc) is 2.70. The fourth-order valence-electron chi connectivity index (χ4n) is 1.04. The first-order chi connectivity index (χ1) is 6.81. The van der Waals surface area contributed by atoms with E-state index in [2.05, 4.69) is 9.97 Å². The number of pyridine rings is 1. The summed E-state index contributed by atoms with van der Waals surface area (Å²) in [6.45, 7) is 0. The molecule has 1 N–H and O–H groups in total. The highest BCUT2D eigenvalue weighted by Gasteiger charge is 2.03. The lowest BCUT2D eigenvalue weighted by Crippen LogP contribution is -2.09. The van der Waals surface area contributed by atoms with Gasteiger partial charge in [0.05, 0.1) is 5.69 Å². The fourth-order valence-corrected chi connectivity index (χ4v) is 1.66. The Bertz CT molecular complexity index is 536. The molecule has 2 rings (SSSR count). The van der Waals surface area contributed by atoms with Crippen LogP contribution in [0.1, 0.15) is 5.56 Å². The molecule has 0 bridgehead atoms. The third kappa shape index (κ3) is 1.43. The minimum absolute atomic E-state index is 0.116. The van der Waals surface area contributed by atoms with Crippen LogP contribution in [0.3, 0.4) is 0 Å². The zero-order valence-corrected chi connectivity index (χ0v) is 7.84. The van der Waals surface area contributed by atoms with E-state index in [1.54, 1.807) is 18.3 Å². The maximum absolute atomic E-state index is 11.3. The molecule has 68 valence electrons. The molecule has 14 heavy (non-hydrogen) atoms. The predicted molar refractivity (Wildman–Crippen MR) is 52.9 cm³/mol. The molecule has 0 amide bonds. The van der Waals surface area contributed by atoms with Crippen molar-refractivity contribution in [2.24, 2.45) is 0 Å². The molecule has 5 heteroatoms. The van der Waals surface area contributed by atoms with E-state index in [9.17, 15) is 4.79 Å². The van der Waals surface area contributed by atoms with E-state index in [0.29, 0.717) is 5.69 Å². The molecule has 0 aliphatic rings. The van der Waals surface area contributed by atoms with E-state index in [-0.39, 0.29) is 11.1 Å². The number of aromatic nitrogens is 2. The Hall–Kier alpha value is -1.93. The largest absolute Gasteiger partial charge is 0.319 e. The maximum atomic E-state index is 11.3. The summed E-state index contributed by atoms with van der Waals surface area (Å²) in [6.07, 6.45) is 1.66. The van der Waals surface area contributed by atoms with Gasteiger partial charge in [-0.1, -0.05) is 0 Å². The number of nitrogens with zero attached hydrogens (tertiary/aromatic N) is 2. The third-order valence-corrected chi connectivity index (χ3v) is 2.50. The summed E-state index contributed by atoms with van der Waals surface area (Å²) < 4.78 is 0. The number of rotatable bonds is 1. The van der Waals surface area contributed by atoms with Gasteiger partial charge in [-0.2, -0.15) is 5.26 Å². The Morgan fingerprint density at radius 1 is 1.50 bits per heavy atom. The molecular formula is C9H5N3OS. The Morgan fingerprint density at radius 3 is 2.93 bits per heavy atom. The van der Waals surface area contributed by atoms with Crippen LogP contribution in [-0.4, -0.2) is 9.97 Å². The molecule has 2 aromatic heterocycles. The van der Waals surface area contributed by atoms with Crippen LogP contribution in [0.15, 0.2) is 28.5 Å². The first kappa shape index (κ1) is 8.66. The number of thiazole rings is 1. The monoisotopic (exact) mass is 203 g/mol. The highest BCUT2D eigenvalue weighted by Crippen LogP contribution is 2.17. The van der Waals surface area contributed by atoms with Gasteiger partial charge >= 0.3 is 0 Å². The molecule has 0 aliphatic heterocycles. The Labute approximate surface area is 83.5 Å². The molecule has 0 aromatic carbocycles. The van der Waals surface area contributed by atoms with Crippen LogP contribution >= 0.6 is 11.3 Å². The summed E-state index contributed by atoms with van der Waals surface area (Å²) in [5.74, 6) is 0. The lowest BCUT2D eigenvalue weighted by atomic mass is 10.2. The third-order valence-electron chi connectivity index (χ3n) is 1.69. The van der Waals surface area contributed by atoms with Crippen molar-refractivity contribution in [3.05, 3.63) is 39.6 Å². The number of nitriles is 1. The van der Waals surface area contributed by atoms with Gasteiger partial charge in [0, 0.05) is 11.6 Å². The van der Waals surface area contributed by atoms with Gasteiger partial charge in [-0.05, 0) is 12.1 Å². The molecule has 0 unspecified atom stereocenters. The van der Waals surface area contributed by atoms with Gasteiger partial charge in [0.25, 0.3) is 5.56 Å². The van der Waals surface area contributed by atoms with Crippen molar-refractivity contribution in [1.82, 2.24) is 9.97 Å². The van der Waals surface area contributed by atoms with Gasteiger partial charge in [-0.25, -0.2) is 4.98 Å². The van der Waals surface area contributed by atoms with E-state index >= 15 is 0 Å². The summed E-state index contributed by atoms with van der Waals surface area (Å²) in [5, 5.41) is 11.1. The number of nitrogens with one attached hydrogen (secondary N) is 1. The SMILES string of the molecule is N#Cc1ccc(-c2nccs2)[nH]c1=O. The van der Waals surface area contributed by atoms with E-state index in [1.165, 1.54) is 17.4 Å². The van der Waals surface area contributed by atoms with Crippen LogP contribution in [0.2, 0.25) is 0 Å². The van der Waals surface area contributed by atoms with Crippen molar-refractivity contribution < 1.29 is 0 Å². The second kappa shape index (κ2) is 3.44.